The molecule has 0 bridgehead atoms. The highest BCUT2D eigenvalue weighted by Gasteiger charge is 2.19. The van der Waals surface area contributed by atoms with Gasteiger partial charge in [-0.05, 0) is 55.5 Å². The van der Waals surface area contributed by atoms with Gasteiger partial charge in [0.1, 0.15) is 10.7 Å². The molecule has 0 radical (unpaired) electrons. The summed E-state index contributed by atoms with van der Waals surface area (Å²) < 4.78 is 0. The Bertz CT molecular complexity index is 1150. The van der Waals surface area contributed by atoms with Gasteiger partial charge < -0.3 is 21.4 Å². The van der Waals surface area contributed by atoms with E-state index in [9.17, 15) is 14.4 Å². The molecule has 3 aromatic rings. The Morgan fingerprint density at radius 3 is 2.57 bits per heavy atom. The van der Waals surface area contributed by atoms with Crippen LogP contribution in [0.2, 0.25) is 0 Å². The highest BCUT2D eigenvalue weighted by Crippen LogP contribution is 2.33. The van der Waals surface area contributed by atoms with Crippen LogP contribution in [0.4, 0.5) is 16.2 Å². The molecule has 0 aliphatic heterocycles. The largest absolute Gasteiger partial charge is 0.351 e. The van der Waals surface area contributed by atoms with Gasteiger partial charge in [0.25, 0.3) is 5.56 Å². The second kappa shape index (κ2) is 8.88. The highest BCUT2D eigenvalue weighted by atomic mass is 32.2. The van der Waals surface area contributed by atoms with Crippen LogP contribution in [0.15, 0.2) is 29.1 Å². The molecule has 2 heterocycles. The molecule has 4 rings (SSSR count). The summed E-state index contributed by atoms with van der Waals surface area (Å²) in [6.45, 7) is 0. The van der Waals surface area contributed by atoms with Gasteiger partial charge in [-0.1, -0.05) is 0 Å². The van der Waals surface area contributed by atoms with Gasteiger partial charge in [0.2, 0.25) is 5.91 Å². The zero-order chi connectivity index (χ0) is 21.1. The molecule has 0 atom stereocenters. The topological polar surface area (TPSA) is 130 Å². The molecule has 3 amide bonds. The summed E-state index contributed by atoms with van der Waals surface area (Å²) in [6.07, 6.45) is 4.27. The van der Waals surface area contributed by atoms with Crippen molar-refractivity contribution in [2.75, 3.05) is 16.4 Å². The monoisotopic (exact) mass is 443 g/mol. The normalized spacial score (nSPS) is 13.1. The molecular formula is C20H21N5O3S2. The lowest BCUT2D eigenvalue weighted by atomic mass is 9.97. The predicted octanol–water partition coefficient (Wildman–Crippen LogP) is 3.23. The molecule has 0 fully saturated rings. The first-order chi connectivity index (χ1) is 14.5. The molecule has 0 unspecified atom stereocenters. The molecule has 156 valence electrons. The van der Waals surface area contributed by atoms with E-state index >= 15 is 0 Å². The molecule has 0 saturated heterocycles. The third kappa shape index (κ3) is 4.65. The molecule has 30 heavy (non-hydrogen) atoms. The lowest BCUT2D eigenvalue weighted by Crippen LogP contribution is -2.19. The number of benzene rings is 1. The average Bonchev–Trinajstić information content (AvgIpc) is 3.08. The number of nitrogens with one attached hydrogen (secondary N) is 3. The van der Waals surface area contributed by atoms with Crippen molar-refractivity contribution in [1.82, 2.24) is 9.97 Å². The number of anilines is 2. The first-order valence-corrected chi connectivity index (χ1v) is 11.5. The standard InChI is InChI=1S/C20H21N5O3S2/c21-20(28)23-12-7-5-11(6-8-12)22-16(26)10-29-9-15-24-18(27)17-13-3-1-2-4-14(13)30-19(17)25-15/h5-8H,1-4,9-10H2,(H,22,26)(H3,21,23,28)(H,24,25,27). The Morgan fingerprint density at radius 1 is 1.13 bits per heavy atom. The van der Waals surface area contributed by atoms with Crippen molar-refractivity contribution in [3.05, 3.63) is 50.9 Å². The van der Waals surface area contributed by atoms with E-state index in [2.05, 4.69) is 20.6 Å². The quantitative estimate of drug-likeness (QED) is 0.465. The fourth-order valence-electron chi connectivity index (χ4n) is 3.49. The van der Waals surface area contributed by atoms with Crippen molar-refractivity contribution in [3.8, 4) is 0 Å². The van der Waals surface area contributed by atoms with Crippen LogP contribution in [0, 0.1) is 0 Å². The minimum Gasteiger partial charge on any atom is -0.351 e. The Morgan fingerprint density at radius 2 is 1.83 bits per heavy atom. The van der Waals surface area contributed by atoms with Crippen molar-refractivity contribution in [1.29, 1.82) is 0 Å². The number of nitrogens with two attached hydrogens (primary N) is 1. The lowest BCUT2D eigenvalue weighted by molar-refractivity contribution is -0.113. The number of thioether (sulfide) groups is 1. The number of urea groups is 1. The van der Waals surface area contributed by atoms with E-state index in [1.165, 1.54) is 28.6 Å². The van der Waals surface area contributed by atoms with Crippen LogP contribution in [0.3, 0.4) is 0 Å². The molecule has 1 aliphatic carbocycles. The summed E-state index contributed by atoms with van der Waals surface area (Å²) in [6, 6.07) is 6.02. The van der Waals surface area contributed by atoms with Gasteiger partial charge in [-0.3, -0.25) is 9.59 Å². The summed E-state index contributed by atoms with van der Waals surface area (Å²) in [5.41, 5.74) is 7.32. The van der Waals surface area contributed by atoms with Gasteiger partial charge in [-0.2, -0.15) is 0 Å². The van der Waals surface area contributed by atoms with Crippen LogP contribution in [-0.4, -0.2) is 27.7 Å². The van der Waals surface area contributed by atoms with E-state index in [0.29, 0.717) is 23.0 Å². The van der Waals surface area contributed by atoms with Crippen molar-refractivity contribution in [2.24, 2.45) is 5.73 Å². The van der Waals surface area contributed by atoms with E-state index < -0.39 is 6.03 Å². The number of nitrogens with zero attached hydrogens (tertiary/aromatic N) is 1. The fourth-order valence-corrected chi connectivity index (χ4v) is 5.46. The summed E-state index contributed by atoms with van der Waals surface area (Å²) in [5, 5.41) is 5.99. The molecule has 0 saturated carbocycles. The Hall–Kier alpha value is -2.85. The van der Waals surface area contributed by atoms with Crippen LogP contribution in [0.25, 0.3) is 10.2 Å². The van der Waals surface area contributed by atoms with Gasteiger partial charge in [-0.15, -0.1) is 23.1 Å². The molecule has 8 nitrogen and oxygen atoms in total. The number of hydrogen-bond acceptors (Lipinski definition) is 6. The smallest absolute Gasteiger partial charge is 0.316 e. The maximum Gasteiger partial charge on any atom is 0.316 e. The maximum atomic E-state index is 12.6. The molecule has 1 aliphatic rings. The van der Waals surface area contributed by atoms with Crippen LogP contribution < -0.4 is 21.9 Å². The summed E-state index contributed by atoms with van der Waals surface area (Å²) >= 11 is 3.00. The fraction of sp³-hybridized carbons (Fsp3) is 0.300. The SMILES string of the molecule is NC(=O)Nc1ccc(NC(=O)CSCc2nc3sc4c(c3c(=O)[nH]2)CCCC4)cc1. The highest BCUT2D eigenvalue weighted by molar-refractivity contribution is 7.99. The Labute approximate surface area is 180 Å². The first-order valence-electron chi connectivity index (χ1n) is 9.57. The zero-order valence-electron chi connectivity index (χ0n) is 16.1. The third-order valence-corrected chi connectivity index (χ3v) is 6.91. The summed E-state index contributed by atoms with van der Waals surface area (Å²) in [5.74, 6) is 1.10. The number of aromatic nitrogens is 2. The first kappa shape index (κ1) is 20.4. The van der Waals surface area contributed by atoms with Gasteiger partial charge in [0.15, 0.2) is 0 Å². The number of H-pyrrole nitrogens is 1. The van der Waals surface area contributed by atoms with Crippen LogP contribution >= 0.6 is 23.1 Å². The van der Waals surface area contributed by atoms with Crippen molar-refractivity contribution >= 4 is 56.6 Å². The molecule has 0 spiro atoms. The van der Waals surface area contributed by atoms with E-state index in [4.69, 9.17) is 5.73 Å². The number of rotatable bonds is 6. The van der Waals surface area contributed by atoms with Crippen molar-refractivity contribution in [3.63, 3.8) is 0 Å². The number of fused-ring (bicyclic) bond motifs is 3. The lowest BCUT2D eigenvalue weighted by Gasteiger charge is -2.09. The molecule has 5 N–H and O–H groups in total. The molecular weight excluding hydrogens is 422 g/mol. The van der Waals surface area contributed by atoms with Gasteiger partial charge in [-0.25, -0.2) is 9.78 Å². The van der Waals surface area contributed by atoms with E-state index in [0.717, 1.165) is 29.5 Å². The number of amides is 3. The number of carbonyl (C=O) groups is 2. The average molecular weight is 444 g/mol. The summed E-state index contributed by atoms with van der Waals surface area (Å²) in [7, 11) is 0. The van der Waals surface area contributed by atoms with Crippen LogP contribution in [-0.2, 0) is 23.4 Å². The van der Waals surface area contributed by atoms with Crippen molar-refractivity contribution < 1.29 is 9.59 Å². The van der Waals surface area contributed by atoms with Gasteiger partial charge >= 0.3 is 6.03 Å². The number of primary amides is 1. The van der Waals surface area contributed by atoms with Crippen molar-refractivity contribution in [2.45, 2.75) is 31.4 Å². The van der Waals surface area contributed by atoms with Gasteiger partial charge in [0, 0.05) is 16.3 Å². The Kier molecular flexibility index (Phi) is 6.05. The van der Waals surface area contributed by atoms with E-state index in [1.807, 2.05) is 0 Å². The Balaban J connectivity index is 1.33. The zero-order valence-corrected chi connectivity index (χ0v) is 17.8. The molecule has 2 aromatic heterocycles. The van der Waals surface area contributed by atoms with Crippen LogP contribution in [0.1, 0.15) is 29.1 Å². The van der Waals surface area contributed by atoms with E-state index in [1.54, 1.807) is 35.6 Å². The minimum atomic E-state index is -0.643. The second-order valence-electron chi connectivity index (χ2n) is 7.01. The maximum absolute atomic E-state index is 12.6. The number of hydrogen-bond donors (Lipinski definition) is 4. The number of aromatic amines is 1. The molecule has 10 heteroatoms. The predicted molar refractivity (Wildman–Crippen MR) is 121 cm³/mol. The van der Waals surface area contributed by atoms with Crippen LogP contribution in [0.5, 0.6) is 0 Å². The second-order valence-corrected chi connectivity index (χ2v) is 9.08. The number of carbonyl (C=O) groups excluding carboxylic acids is 2. The minimum absolute atomic E-state index is 0.0795. The van der Waals surface area contributed by atoms with E-state index in [-0.39, 0.29) is 17.2 Å². The third-order valence-electron chi connectivity index (χ3n) is 4.78. The number of aryl methyl sites for hydroxylation is 2. The number of thiophene rings is 1. The van der Waals surface area contributed by atoms with Gasteiger partial charge in [0.05, 0.1) is 16.9 Å². The molecule has 1 aromatic carbocycles. The summed E-state index contributed by atoms with van der Waals surface area (Å²) in [4.78, 5) is 45.1.